The zero-order valence-corrected chi connectivity index (χ0v) is 21.4. The number of hydrogen-bond acceptors (Lipinski definition) is 8. The highest BCUT2D eigenvalue weighted by Crippen LogP contribution is 2.27. The van der Waals surface area contributed by atoms with E-state index in [0.29, 0.717) is 11.4 Å². The molecule has 4 N–H and O–H groups in total. The van der Waals surface area contributed by atoms with E-state index in [4.69, 9.17) is 25.9 Å². The second kappa shape index (κ2) is 12.5. The third kappa shape index (κ3) is 6.81. The lowest BCUT2D eigenvalue weighted by atomic mass is 9.89. The van der Waals surface area contributed by atoms with E-state index >= 15 is 0 Å². The molecule has 8 heteroatoms. The Hall–Kier alpha value is -2.48. The van der Waals surface area contributed by atoms with Crippen molar-refractivity contribution in [3.63, 3.8) is 0 Å². The fourth-order valence-electron chi connectivity index (χ4n) is 5.81. The Morgan fingerprint density at radius 3 is 2.34 bits per heavy atom. The molecule has 192 valence electrons. The Morgan fingerprint density at radius 1 is 0.943 bits per heavy atom. The lowest BCUT2D eigenvalue weighted by Crippen LogP contribution is -2.31. The van der Waals surface area contributed by atoms with Gasteiger partial charge in [-0.15, -0.1) is 0 Å². The number of aromatic nitrogens is 1. The van der Waals surface area contributed by atoms with Crippen LogP contribution < -0.4 is 10.2 Å². The van der Waals surface area contributed by atoms with Crippen molar-refractivity contribution >= 4 is 29.1 Å². The first-order valence-electron chi connectivity index (χ1n) is 13.7. The van der Waals surface area contributed by atoms with Gasteiger partial charge in [0.2, 0.25) is 5.90 Å². The SMILES string of the molecule is CNc1nc(N2CCCCCCC2)ccc1C(=N)C(=N)OC(=N)C1CCN(CC2CCCCC2)C1. The monoisotopic (exact) mass is 481 g/mol. The molecule has 1 saturated carbocycles. The van der Waals surface area contributed by atoms with Crippen LogP contribution in [0.4, 0.5) is 11.6 Å². The zero-order valence-electron chi connectivity index (χ0n) is 21.4. The van der Waals surface area contributed by atoms with Gasteiger partial charge in [-0.05, 0) is 56.7 Å². The Kier molecular flexibility index (Phi) is 9.12. The van der Waals surface area contributed by atoms with E-state index < -0.39 is 0 Å². The lowest BCUT2D eigenvalue weighted by molar-refractivity contribution is 0.230. The molecule has 2 saturated heterocycles. The molecule has 8 nitrogen and oxygen atoms in total. The fraction of sp³-hybridized carbons (Fsp3) is 0.704. The number of nitrogens with one attached hydrogen (secondary N) is 4. The molecule has 2 aliphatic heterocycles. The largest absolute Gasteiger partial charge is 0.423 e. The average Bonchev–Trinajstić information content (AvgIpc) is 3.32. The Bertz CT molecular complexity index is 888. The Labute approximate surface area is 210 Å². The number of nitrogens with zero attached hydrogens (tertiary/aromatic N) is 3. The van der Waals surface area contributed by atoms with Crippen LogP contribution in [0.15, 0.2) is 12.1 Å². The molecular weight excluding hydrogens is 438 g/mol. The van der Waals surface area contributed by atoms with Crippen LogP contribution in [-0.2, 0) is 4.74 Å². The van der Waals surface area contributed by atoms with Crippen molar-refractivity contribution in [2.24, 2.45) is 11.8 Å². The van der Waals surface area contributed by atoms with Gasteiger partial charge in [0.25, 0.3) is 0 Å². The van der Waals surface area contributed by atoms with E-state index in [1.165, 1.54) is 64.2 Å². The Balaban J connectivity index is 1.32. The molecule has 1 aromatic rings. The third-order valence-electron chi connectivity index (χ3n) is 7.89. The van der Waals surface area contributed by atoms with E-state index in [9.17, 15) is 0 Å². The molecule has 1 unspecified atom stereocenters. The van der Waals surface area contributed by atoms with Crippen molar-refractivity contribution in [1.29, 1.82) is 16.2 Å². The van der Waals surface area contributed by atoms with Gasteiger partial charge in [-0.2, -0.15) is 0 Å². The maximum Gasteiger partial charge on any atom is 0.239 e. The van der Waals surface area contributed by atoms with E-state index in [0.717, 1.165) is 50.9 Å². The van der Waals surface area contributed by atoms with Crippen LogP contribution in [0.3, 0.4) is 0 Å². The number of pyridine rings is 1. The molecule has 1 aromatic heterocycles. The highest BCUT2D eigenvalue weighted by molar-refractivity contribution is 6.45. The molecule has 1 aliphatic carbocycles. The summed E-state index contributed by atoms with van der Waals surface area (Å²) >= 11 is 0. The molecular formula is C27H43N7O. The van der Waals surface area contributed by atoms with Gasteiger partial charge in [0.05, 0.1) is 0 Å². The van der Waals surface area contributed by atoms with Gasteiger partial charge >= 0.3 is 0 Å². The summed E-state index contributed by atoms with van der Waals surface area (Å²) in [6.07, 6.45) is 13.8. The van der Waals surface area contributed by atoms with Gasteiger partial charge in [-0.1, -0.05) is 38.5 Å². The van der Waals surface area contributed by atoms with Gasteiger partial charge in [-0.3, -0.25) is 16.2 Å². The van der Waals surface area contributed by atoms with Gasteiger partial charge in [0.1, 0.15) is 17.3 Å². The summed E-state index contributed by atoms with van der Waals surface area (Å²) in [6, 6.07) is 3.81. The van der Waals surface area contributed by atoms with Gasteiger partial charge in [0.15, 0.2) is 5.90 Å². The maximum atomic E-state index is 8.58. The molecule has 35 heavy (non-hydrogen) atoms. The second-order valence-corrected chi connectivity index (χ2v) is 10.5. The van der Waals surface area contributed by atoms with Gasteiger partial charge in [-0.25, -0.2) is 4.98 Å². The number of rotatable bonds is 7. The van der Waals surface area contributed by atoms with E-state index in [1.54, 1.807) is 7.05 Å². The lowest BCUT2D eigenvalue weighted by Gasteiger charge is -2.27. The second-order valence-electron chi connectivity index (χ2n) is 10.5. The predicted molar refractivity (Wildman–Crippen MR) is 144 cm³/mol. The van der Waals surface area contributed by atoms with Crippen molar-refractivity contribution in [3.8, 4) is 0 Å². The normalized spacial score (nSPS) is 22.3. The molecule has 3 heterocycles. The van der Waals surface area contributed by atoms with E-state index in [2.05, 4.69) is 15.1 Å². The number of likely N-dealkylation sites (tertiary alicyclic amines) is 1. The minimum Gasteiger partial charge on any atom is -0.423 e. The first-order valence-corrected chi connectivity index (χ1v) is 13.7. The molecule has 0 amide bonds. The van der Waals surface area contributed by atoms with Crippen LogP contribution in [0, 0.1) is 28.1 Å². The maximum absolute atomic E-state index is 8.58. The number of anilines is 2. The summed E-state index contributed by atoms with van der Waals surface area (Å²) in [5.41, 5.74) is 0.495. The average molecular weight is 482 g/mol. The van der Waals surface area contributed by atoms with Crippen LogP contribution in [0.2, 0.25) is 0 Å². The first-order chi connectivity index (χ1) is 17.0. The highest BCUT2D eigenvalue weighted by atomic mass is 16.5. The molecule has 3 aliphatic rings. The van der Waals surface area contributed by atoms with Crippen molar-refractivity contribution in [2.45, 2.75) is 70.6 Å². The topological polar surface area (TPSA) is 112 Å². The predicted octanol–water partition coefficient (Wildman–Crippen LogP) is 5.14. The minimum absolute atomic E-state index is 0.00290. The smallest absolute Gasteiger partial charge is 0.239 e. The summed E-state index contributed by atoms with van der Waals surface area (Å²) in [6.45, 7) is 4.94. The summed E-state index contributed by atoms with van der Waals surface area (Å²) in [5.74, 6) is 2.12. The van der Waals surface area contributed by atoms with Crippen molar-refractivity contribution in [2.75, 3.05) is 50.0 Å². The summed E-state index contributed by atoms with van der Waals surface area (Å²) < 4.78 is 5.61. The van der Waals surface area contributed by atoms with Crippen LogP contribution in [-0.4, -0.2) is 67.2 Å². The molecule has 0 radical (unpaired) electrons. The standard InChI is InChI=1S/C27H43N7O/c1-31-27-22(12-13-23(32-27)34-15-8-3-2-4-9-16-34)24(28)26(30)35-25(29)21-14-17-33(19-21)18-20-10-6-5-7-11-20/h12-13,20-21,28-30H,2-11,14-19H2,1H3,(H,31,32). The molecule has 3 fully saturated rings. The number of ether oxygens (including phenoxy) is 1. The van der Waals surface area contributed by atoms with Crippen LogP contribution in [0.5, 0.6) is 0 Å². The van der Waals surface area contributed by atoms with E-state index in [-0.39, 0.29) is 23.4 Å². The van der Waals surface area contributed by atoms with Crippen molar-refractivity contribution in [3.05, 3.63) is 17.7 Å². The Morgan fingerprint density at radius 2 is 1.63 bits per heavy atom. The highest BCUT2D eigenvalue weighted by Gasteiger charge is 2.30. The van der Waals surface area contributed by atoms with Crippen LogP contribution >= 0.6 is 0 Å². The molecule has 0 bridgehead atoms. The summed E-state index contributed by atoms with van der Waals surface area (Å²) in [7, 11) is 1.79. The first kappa shape index (κ1) is 25.6. The van der Waals surface area contributed by atoms with E-state index in [1.807, 2.05) is 12.1 Å². The molecule has 4 rings (SSSR count). The number of hydrogen-bond donors (Lipinski definition) is 4. The quantitative estimate of drug-likeness (QED) is 0.318. The summed E-state index contributed by atoms with van der Waals surface area (Å²) in [4.78, 5) is 9.56. The molecule has 0 spiro atoms. The van der Waals surface area contributed by atoms with Crippen LogP contribution in [0.25, 0.3) is 0 Å². The van der Waals surface area contributed by atoms with Crippen molar-refractivity contribution < 1.29 is 4.74 Å². The zero-order chi connectivity index (χ0) is 24.6. The van der Waals surface area contributed by atoms with Gasteiger partial charge < -0.3 is 19.9 Å². The summed E-state index contributed by atoms with van der Waals surface area (Å²) in [5, 5.41) is 28.5. The van der Waals surface area contributed by atoms with Gasteiger partial charge in [0, 0.05) is 44.7 Å². The van der Waals surface area contributed by atoms with Crippen molar-refractivity contribution in [1.82, 2.24) is 9.88 Å². The third-order valence-corrected chi connectivity index (χ3v) is 7.89. The van der Waals surface area contributed by atoms with Crippen LogP contribution in [0.1, 0.15) is 76.2 Å². The molecule has 1 atom stereocenters. The minimum atomic E-state index is -0.280. The fourth-order valence-corrected chi connectivity index (χ4v) is 5.81. The molecule has 0 aromatic carbocycles.